The first kappa shape index (κ1) is 10.6. The fourth-order valence-electron chi connectivity index (χ4n) is 1.07. The third-order valence-electron chi connectivity index (χ3n) is 1.78. The fourth-order valence-corrected chi connectivity index (χ4v) is 1.07. The van der Waals surface area contributed by atoms with E-state index in [1.165, 1.54) is 0 Å². The summed E-state index contributed by atoms with van der Waals surface area (Å²) in [6.45, 7) is 0.357. The average Bonchev–Trinajstić information content (AvgIpc) is 2.25. The molecule has 0 aliphatic heterocycles. The lowest BCUT2D eigenvalue weighted by Gasteiger charge is -2.06. The van der Waals surface area contributed by atoms with E-state index in [0.717, 1.165) is 25.1 Å². The lowest BCUT2D eigenvalue weighted by Crippen LogP contribution is -2.18. The van der Waals surface area contributed by atoms with E-state index in [2.05, 4.69) is 9.97 Å². The summed E-state index contributed by atoms with van der Waals surface area (Å²) in [4.78, 5) is 18.1. The fraction of sp³-hybridized carbons (Fsp3) is 0.444. The van der Waals surface area contributed by atoms with Crippen LogP contribution in [0.5, 0.6) is 0 Å². The second-order valence-corrected chi connectivity index (χ2v) is 2.89. The molecular formula is C9H13N3O2. The number of unbranched alkanes of at least 4 members (excludes halogenated alkanes) is 1. The molecule has 1 N–H and O–H groups in total. The van der Waals surface area contributed by atoms with Crippen LogP contribution in [0.25, 0.3) is 0 Å². The van der Waals surface area contributed by atoms with E-state index < -0.39 is 0 Å². The number of hydrogen-bond donors (Lipinski definition) is 1. The minimum Gasteiger partial charge on any atom is -0.286 e. The van der Waals surface area contributed by atoms with Gasteiger partial charge in [-0.2, -0.15) is 0 Å². The predicted octanol–water partition coefficient (Wildman–Crippen LogP) is 0.647. The van der Waals surface area contributed by atoms with Crippen molar-refractivity contribution in [2.24, 2.45) is 0 Å². The monoisotopic (exact) mass is 195 g/mol. The highest BCUT2D eigenvalue weighted by atomic mass is 16.5. The molecule has 0 saturated heterocycles. The van der Waals surface area contributed by atoms with Crippen molar-refractivity contribution in [1.82, 2.24) is 15.0 Å². The zero-order valence-electron chi connectivity index (χ0n) is 7.83. The number of hydroxylamine groups is 2. The number of nitrogens with zero attached hydrogens (tertiary/aromatic N) is 3. The first-order valence-corrected chi connectivity index (χ1v) is 4.49. The van der Waals surface area contributed by atoms with Gasteiger partial charge in [0.05, 0.1) is 0 Å². The maximum atomic E-state index is 10.0. The van der Waals surface area contributed by atoms with E-state index >= 15 is 0 Å². The van der Waals surface area contributed by atoms with Crippen LogP contribution in [-0.4, -0.2) is 33.2 Å². The molecule has 0 aliphatic rings. The standard InChI is InChI=1S/C9H13N3O2/c13-8-12(14)7-2-1-4-9-10-5-3-6-11-9/h3,5-6,8,14H,1-2,4,7H2. The maximum absolute atomic E-state index is 10.0. The number of hydrogen-bond acceptors (Lipinski definition) is 4. The second kappa shape index (κ2) is 6.04. The molecule has 0 fully saturated rings. The summed E-state index contributed by atoms with van der Waals surface area (Å²) in [5, 5.41) is 9.43. The maximum Gasteiger partial charge on any atom is 0.233 e. The summed E-state index contributed by atoms with van der Waals surface area (Å²) in [7, 11) is 0. The molecule has 0 radical (unpaired) electrons. The molecule has 5 nitrogen and oxygen atoms in total. The number of aromatic nitrogens is 2. The normalized spacial score (nSPS) is 9.79. The van der Waals surface area contributed by atoms with Crippen molar-refractivity contribution in [1.29, 1.82) is 0 Å². The molecule has 1 heterocycles. The second-order valence-electron chi connectivity index (χ2n) is 2.89. The Morgan fingerprint density at radius 3 is 2.71 bits per heavy atom. The molecule has 76 valence electrons. The number of carbonyl (C=O) groups excluding carboxylic acids is 1. The molecule has 0 aromatic carbocycles. The lowest BCUT2D eigenvalue weighted by atomic mass is 10.2. The Labute approximate surface area is 82.4 Å². The predicted molar refractivity (Wildman–Crippen MR) is 49.5 cm³/mol. The Kier molecular flexibility index (Phi) is 4.57. The Hall–Kier alpha value is -1.49. The molecule has 1 rings (SSSR count). The van der Waals surface area contributed by atoms with Crippen molar-refractivity contribution in [3.63, 3.8) is 0 Å². The molecule has 0 aliphatic carbocycles. The number of aryl methyl sites for hydroxylation is 1. The first-order chi connectivity index (χ1) is 6.83. The van der Waals surface area contributed by atoms with Crippen LogP contribution in [0, 0.1) is 0 Å². The number of carbonyl (C=O) groups is 1. The summed E-state index contributed by atoms with van der Waals surface area (Å²) in [6.07, 6.45) is 6.17. The van der Waals surface area contributed by atoms with Crippen LogP contribution in [0.15, 0.2) is 18.5 Å². The van der Waals surface area contributed by atoms with Crippen LogP contribution in [0.1, 0.15) is 18.7 Å². The van der Waals surface area contributed by atoms with Crippen molar-refractivity contribution < 1.29 is 10.0 Å². The van der Waals surface area contributed by atoms with Gasteiger partial charge in [-0.15, -0.1) is 0 Å². The lowest BCUT2D eigenvalue weighted by molar-refractivity contribution is -0.149. The molecule has 0 bridgehead atoms. The van der Waals surface area contributed by atoms with Gasteiger partial charge < -0.3 is 0 Å². The van der Waals surface area contributed by atoms with Gasteiger partial charge in [0.1, 0.15) is 5.82 Å². The van der Waals surface area contributed by atoms with Gasteiger partial charge in [-0.25, -0.2) is 15.0 Å². The van der Waals surface area contributed by atoms with E-state index in [1.807, 2.05) is 0 Å². The molecule has 1 aromatic heterocycles. The molecule has 1 amide bonds. The smallest absolute Gasteiger partial charge is 0.233 e. The number of rotatable bonds is 6. The Morgan fingerprint density at radius 1 is 1.36 bits per heavy atom. The van der Waals surface area contributed by atoms with Crippen molar-refractivity contribution >= 4 is 6.41 Å². The summed E-state index contributed by atoms with van der Waals surface area (Å²) in [5.41, 5.74) is 0. The Morgan fingerprint density at radius 2 is 2.07 bits per heavy atom. The summed E-state index contributed by atoms with van der Waals surface area (Å²) >= 11 is 0. The summed E-state index contributed by atoms with van der Waals surface area (Å²) in [5.74, 6) is 0.795. The third-order valence-corrected chi connectivity index (χ3v) is 1.78. The third kappa shape index (κ3) is 3.95. The van der Waals surface area contributed by atoms with Crippen LogP contribution in [0.4, 0.5) is 0 Å². The topological polar surface area (TPSA) is 66.3 Å². The quantitative estimate of drug-likeness (QED) is 0.313. The van der Waals surface area contributed by atoms with E-state index in [4.69, 9.17) is 5.21 Å². The average molecular weight is 195 g/mol. The molecule has 0 saturated carbocycles. The van der Waals surface area contributed by atoms with E-state index in [0.29, 0.717) is 18.0 Å². The Bertz CT molecular complexity index is 266. The Balaban J connectivity index is 2.13. The van der Waals surface area contributed by atoms with Gasteiger partial charge in [-0.05, 0) is 18.9 Å². The highest BCUT2D eigenvalue weighted by molar-refractivity contribution is 5.44. The molecular weight excluding hydrogens is 182 g/mol. The van der Waals surface area contributed by atoms with E-state index in [1.54, 1.807) is 18.5 Å². The highest BCUT2D eigenvalue weighted by Gasteiger charge is 1.97. The van der Waals surface area contributed by atoms with Crippen LogP contribution in [0.3, 0.4) is 0 Å². The molecule has 0 atom stereocenters. The molecule has 5 heteroatoms. The van der Waals surface area contributed by atoms with Gasteiger partial charge in [-0.1, -0.05) is 0 Å². The largest absolute Gasteiger partial charge is 0.286 e. The van der Waals surface area contributed by atoms with Crippen LogP contribution in [-0.2, 0) is 11.2 Å². The van der Waals surface area contributed by atoms with Crippen molar-refractivity contribution in [2.75, 3.05) is 6.54 Å². The number of amides is 1. The summed E-state index contributed by atoms with van der Waals surface area (Å²) in [6, 6.07) is 1.77. The van der Waals surface area contributed by atoms with Gasteiger partial charge in [-0.3, -0.25) is 10.0 Å². The van der Waals surface area contributed by atoms with Gasteiger partial charge >= 0.3 is 0 Å². The SMILES string of the molecule is O=CN(O)CCCCc1ncccn1. The van der Waals surface area contributed by atoms with Crippen LogP contribution < -0.4 is 0 Å². The van der Waals surface area contributed by atoms with Gasteiger partial charge in [0.15, 0.2) is 0 Å². The van der Waals surface area contributed by atoms with Crippen molar-refractivity contribution in [3.8, 4) is 0 Å². The minimum atomic E-state index is 0.357. The van der Waals surface area contributed by atoms with Crippen molar-refractivity contribution in [2.45, 2.75) is 19.3 Å². The molecule has 0 spiro atoms. The van der Waals surface area contributed by atoms with Crippen LogP contribution >= 0.6 is 0 Å². The van der Waals surface area contributed by atoms with Crippen molar-refractivity contribution in [3.05, 3.63) is 24.3 Å². The molecule has 0 unspecified atom stereocenters. The van der Waals surface area contributed by atoms with Gasteiger partial charge in [0.2, 0.25) is 6.41 Å². The van der Waals surface area contributed by atoms with E-state index in [-0.39, 0.29) is 0 Å². The first-order valence-electron chi connectivity index (χ1n) is 4.49. The highest BCUT2D eigenvalue weighted by Crippen LogP contribution is 1.98. The van der Waals surface area contributed by atoms with E-state index in [9.17, 15) is 4.79 Å². The minimum absolute atomic E-state index is 0.357. The zero-order valence-corrected chi connectivity index (χ0v) is 7.83. The molecule has 14 heavy (non-hydrogen) atoms. The van der Waals surface area contributed by atoms with Gasteiger partial charge in [0.25, 0.3) is 0 Å². The van der Waals surface area contributed by atoms with Gasteiger partial charge in [0, 0.05) is 25.4 Å². The summed E-state index contributed by atoms with van der Waals surface area (Å²) < 4.78 is 0. The zero-order chi connectivity index (χ0) is 10.2. The molecule has 1 aromatic rings. The van der Waals surface area contributed by atoms with Crippen LogP contribution in [0.2, 0.25) is 0 Å².